The number of nitrogens with zero attached hydrogens (tertiary/aromatic N) is 4. The standard InChI is InChI=1S/C29H25Cl2F2N5O5S/c1-4-36-12-16(28(41)42)26(39)15-10-19(32)25(22(33)24(15)36)37-8-9-38(13(2)11-37)29(44)34-27(40)20-14(3)43-35-23(20)21-17(30)6-5-7-18(21)31/h5-7,10,12-13H,4,8-9,11H2,1-3H3,(H,41,42)(H,34,40,44). The Hall–Kier alpha value is -4.07. The molecule has 0 spiro atoms. The number of aromatic nitrogens is 2. The van der Waals surface area contributed by atoms with Crippen molar-refractivity contribution in [2.24, 2.45) is 0 Å². The van der Waals surface area contributed by atoms with Gasteiger partial charge in [-0.15, -0.1) is 0 Å². The molecular weight excluding hydrogens is 639 g/mol. The number of benzene rings is 2. The largest absolute Gasteiger partial charge is 0.477 e. The van der Waals surface area contributed by atoms with Crippen LogP contribution in [0.1, 0.15) is 40.3 Å². The maximum absolute atomic E-state index is 15.9. The van der Waals surface area contributed by atoms with Crippen molar-refractivity contribution in [3.8, 4) is 11.3 Å². The Labute approximate surface area is 264 Å². The van der Waals surface area contributed by atoms with Crippen molar-refractivity contribution >= 4 is 69.0 Å². The zero-order valence-electron chi connectivity index (χ0n) is 23.6. The maximum Gasteiger partial charge on any atom is 0.341 e. The van der Waals surface area contributed by atoms with Crippen molar-refractivity contribution in [2.75, 3.05) is 24.5 Å². The molecule has 1 fully saturated rings. The Kier molecular flexibility index (Phi) is 8.65. The number of aromatic carboxylic acids is 1. The van der Waals surface area contributed by atoms with Gasteiger partial charge in [-0.3, -0.25) is 14.9 Å². The zero-order valence-corrected chi connectivity index (χ0v) is 25.9. The molecule has 1 atom stereocenters. The number of carbonyl (C=O) groups excluding carboxylic acids is 1. The number of carbonyl (C=O) groups is 2. The van der Waals surface area contributed by atoms with Gasteiger partial charge in [0.2, 0.25) is 5.43 Å². The van der Waals surface area contributed by atoms with E-state index in [0.29, 0.717) is 5.56 Å². The van der Waals surface area contributed by atoms with Crippen LogP contribution in [0.2, 0.25) is 10.0 Å². The summed E-state index contributed by atoms with van der Waals surface area (Å²) in [6.45, 7) is 5.58. The Balaban J connectivity index is 1.38. The summed E-state index contributed by atoms with van der Waals surface area (Å²) in [4.78, 5) is 40.8. The molecule has 15 heteroatoms. The van der Waals surface area contributed by atoms with Gasteiger partial charge in [-0.1, -0.05) is 34.4 Å². The number of pyridine rings is 1. The first-order valence-corrected chi connectivity index (χ1v) is 14.6. The Bertz CT molecular complexity index is 1890. The highest BCUT2D eigenvalue weighted by atomic mass is 35.5. The molecule has 0 saturated carbocycles. The van der Waals surface area contributed by atoms with Crippen LogP contribution in [0.25, 0.3) is 22.2 Å². The summed E-state index contributed by atoms with van der Waals surface area (Å²) in [5, 5.41) is 16.3. The number of anilines is 1. The molecule has 3 heterocycles. The molecule has 1 amide bonds. The van der Waals surface area contributed by atoms with E-state index < -0.39 is 40.5 Å². The summed E-state index contributed by atoms with van der Waals surface area (Å²) < 4.78 is 37.9. The first kappa shape index (κ1) is 31.4. The normalized spacial score (nSPS) is 15.1. The van der Waals surface area contributed by atoms with E-state index in [9.17, 15) is 19.5 Å². The lowest BCUT2D eigenvalue weighted by Gasteiger charge is -2.42. The van der Waals surface area contributed by atoms with Crippen LogP contribution in [0.3, 0.4) is 0 Å². The lowest BCUT2D eigenvalue weighted by molar-refractivity contribution is 0.0694. The van der Waals surface area contributed by atoms with Crippen molar-refractivity contribution in [1.29, 1.82) is 0 Å². The van der Waals surface area contributed by atoms with Gasteiger partial charge in [0.15, 0.2) is 10.9 Å². The van der Waals surface area contributed by atoms with Gasteiger partial charge in [-0.25, -0.2) is 13.6 Å². The van der Waals surface area contributed by atoms with E-state index in [-0.39, 0.29) is 74.9 Å². The number of amides is 1. The molecule has 2 aromatic carbocycles. The number of carboxylic acids is 1. The third-order valence-electron chi connectivity index (χ3n) is 7.52. The molecular formula is C29H25Cl2F2N5O5S. The summed E-state index contributed by atoms with van der Waals surface area (Å²) >= 11 is 18.2. The molecule has 4 aromatic rings. The number of aryl methyl sites for hydroxylation is 2. The summed E-state index contributed by atoms with van der Waals surface area (Å²) in [5.41, 5.74) is -1.49. The Morgan fingerprint density at radius 3 is 2.52 bits per heavy atom. The van der Waals surface area contributed by atoms with Gasteiger partial charge in [-0.2, -0.15) is 0 Å². The number of nitrogens with one attached hydrogen (secondary N) is 1. The van der Waals surface area contributed by atoms with E-state index in [4.69, 9.17) is 39.9 Å². The molecule has 0 bridgehead atoms. The topological polar surface area (TPSA) is 121 Å². The van der Waals surface area contributed by atoms with Gasteiger partial charge < -0.3 is 24.0 Å². The van der Waals surface area contributed by atoms with Gasteiger partial charge in [-0.05, 0) is 51.2 Å². The second kappa shape index (κ2) is 12.1. The zero-order chi connectivity index (χ0) is 32.0. The summed E-state index contributed by atoms with van der Waals surface area (Å²) in [7, 11) is 0. The van der Waals surface area contributed by atoms with E-state index in [1.165, 1.54) is 9.47 Å². The summed E-state index contributed by atoms with van der Waals surface area (Å²) in [6, 6.07) is 5.34. The van der Waals surface area contributed by atoms with Crippen LogP contribution < -0.4 is 15.6 Å². The van der Waals surface area contributed by atoms with Crippen molar-refractivity contribution in [3.05, 3.63) is 79.3 Å². The fourth-order valence-corrected chi connectivity index (χ4v) is 6.34. The molecule has 1 unspecified atom stereocenters. The lowest BCUT2D eigenvalue weighted by Crippen LogP contribution is -2.57. The Morgan fingerprint density at radius 1 is 1.23 bits per heavy atom. The van der Waals surface area contributed by atoms with E-state index >= 15 is 8.78 Å². The summed E-state index contributed by atoms with van der Waals surface area (Å²) in [5.74, 6) is -3.83. The van der Waals surface area contributed by atoms with Crippen LogP contribution in [0.4, 0.5) is 14.5 Å². The number of rotatable bonds is 5. The van der Waals surface area contributed by atoms with E-state index in [2.05, 4.69) is 10.5 Å². The second-order valence-electron chi connectivity index (χ2n) is 10.2. The van der Waals surface area contributed by atoms with Crippen LogP contribution >= 0.6 is 35.4 Å². The van der Waals surface area contributed by atoms with Gasteiger partial charge >= 0.3 is 5.97 Å². The minimum absolute atomic E-state index is 0.0828. The van der Waals surface area contributed by atoms with Gasteiger partial charge in [0, 0.05) is 44.0 Å². The number of carboxylic acid groups (broad SMARTS) is 1. The monoisotopic (exact) mass is 663 g/mol. The second-order valence-corrected chi connectivity index (χ2v) is 11.4. The quantitative estimate of drug-likeness (QED) is 0.267. The molecule has 10 nitrogen and oxygen atoms in total. The minimum Gasteiger partial charge on any atom is -0.477 e. The van der Waals surface area contributed by atoms with Crippen molar-refractivity contribution in [3.63, 3.8) is 0 Å². The van der Waals surface area contributed by atoms with Crippen LogP contribution in [-0.4, -0.2) is 62.4 Å². The van der Waals surface area contributed by atoms with E-state index in [1.807, 2.05) is 0 Å². The highest BCUT2D eigenvalue weighted by Crippen LogP contribution is 2.37. The lowest BCUT2D eigenvalue weighted by atomic mass is 10.1. The highest BCUT2D eigenvalue weighted by Gasteiger charge is 2.32. The highest BCUT2D eigenvalue weighted by molar-refractivity contribution is 7.80. The fourth-order valence-electron chi connectivity index (χ4n) is 5.40. The molecule has 2 N–H and O–H groups in total. The molecule has 1 aliphatic rings. The average Bonchev–Trinajstić information content (AvgIpc) is 3.34. The smallest absolute Gasteiger partial charge is 0.341 e. The third-order valence-corrected chi connectivity index (χ3v) is 8.48. The number of halogens is 4. The number of thiocarbonyl (C=S) groups is 1. The molecule has 2 aromatic heterocycles. The third kappa shape index (κ3) is 5.39. The van der Waals surface area contributed by atoms with Crippen molar-refractivity contribution in [1.82, 2.24) is 19.9 Å². The summed E-state index contributed by atoms with van der Waals surface area (Å²) in [6.07, 6.45) is 1.06. The first-order valence-electron chi connectivity index (χ1n) is 13.4. The fraction of sp³-hybridized carbons (Fsp3) is 0.276. The van der Waals surface area contributed by atoms with Crippen LogP contribution in [0, 0.1) is 18.6 Å². The minimum atomic E-state index is -1.49. The van der Waals surface area contributed by atoms with Crippen molar-refractivity contribution < 1.29 is 28.0 Å². The molecule has 5 rings (SSSR count). The number of hydrogen-bond acceptors (Lipinski definition) is 7. The molecule has 1 saturated heterocycles. The van der Waals surface area contributed by atoms with Crippen LogP contribution in [-0.2, 0) is 6.54 Å². The van der Waals surface area contributed by atoms with Crippen LogP contribution in [0.5, 0.6) is 0 Å². The SMILES string of the molecule is CCn1cc(C(=O)O)c(=O)c2cc(F)c(N3CCN(C(=S)NC(=O)c4c(-c5c(Cl)cccc5Cl)noc4C)C(C)C3)c(F)c21. The van der Waals surface area contributed by atoms with Gasteiger partial charge in [0.25, 0.3) is 5.91 Å². The number of fused-ring (bicyclic) bond motifs is 1. The maximum atomic E-state index is 15.9. The van der Waals surface area contributed by atoms with E-state index in [0.717, 1.165) is 12.3 Å². The van der Waals surface area contributed by atoms with Crippen LogP contribution in [0.15, 0.2) is 39.8 Å². The van der Waals surface area contributed by atoms with E-state index in [1.54, 1.807) is 43.9 Å². The predicted octanol–water partition coefficient (Wildman–Crippen LogP) is 5.49. The first-order chi connectivity index (χ1) is 20.8. The number of hydrogen-bond donors (Lipinski definition) is 2. The Morgan fingerprint density at radius 2 is 1.91 bits per heavy atom. The molecule has 44 heavy (non-hydrogen) atoms. The predicted molar refractivity (Wildman–Crippen MR) is 166 cm³/mol. The molecule has 230 valence electrons. The average molecular weight is 665 g/mol. The van der Waals surface area contributed by atoms with Gasteiger partial charge in [0.1, 0.15) is 34.1 Å². The van der Waals surface area contributed by atoms with Crippen molar-refractivity contribution in [2.45, 2.75) is 33.4 Å². The molecule has 1 aliphatic heterocycles. The molecule has 0 aliphatic carbocycles. The number of piperazine rings is 1. The van der Waals surface area contributed by atoms with Gasteiger partial charge in [0.05, 0.1) is 20.9 Å². The molecule has 0 radical (unpaired) electrons.